The van der Waals surface area contributed by atoms with Gasteiger partial charge in [-0.3, -0.25) is 4.99 Å². The van der Waals surface area contributed by atoms with E-state index in [0.717, 1.165) is 40.6 Å². The Bertz CT molecular complexity index is 1190. The standard InChI is InChI=1S/C25H25N3OS/c1-4-28(5-2)21-12-9-19(23(29)15-21)16-26-20-10-7-18(8-11-20)25-27-22-13-6-17(3)14-24(22)30-25/h6-16,29H,4-5H2,1-3H3. The molecule has 152 valence electrons. The highest BCUT2D eigenvalue weighted by Crippen LogP contribution is 2.32. The van der Waals surface area contributed by atoms with Crippen molar-refractivity contribution in [1.29, 1.82) is 0 Å². The zero-order chi connectivity index (χ0) is 21.1. The van der Waals surface area contributed by atoms with Crippen LogP contribution in [0.15, 0.2) is 65.7 Å². The highest BCUT2D eigenvalue weighted by Gasteiger charge is 2.07. The fraction of sp³-hybridized carbons (Fsp3) is 0.200. The molecule has 30 heavy (non-hydrogen) atoms. The lowest BCUT2D eigenvalue weighted by molar-refractivity contribution is 0.474. The molecule has 0 radical (unpaired) electrons. The van der Waals surface area contributed by atoms with E-state index in [1.165, 1.54) is 10.3 Å². The van der Waals surface area contributed by atoms with Gasteiger partial charge in [0.1, 0.15) is 10.8 Å². The van der Waals surface area contributed by atoms with E-state index >= 15 is 0 Å². The Balaban J connectivity index is 1.52. The van der Waals surface area contributed by atoms with Crippen LogP contribution in [-0.4, -0.2) is 29.4 Å². The van der Waals surface area contributed by atoms with Crippen LogP contribution in [0.25, 0.3) is 20.8 Å². The fourth-order valence-electron chi connectivity index (χ4n) is 3.42. The van der Waals surface area contributed by atoms with Crippen LogP contribution in [0, 0.1) is 6.92 Å². The number of hydrogen-bond donors (Lipinski definition) is 1. The molecule has 0 saturated heterocycles. The second-order valence-electron chi connectivity index (χ2n) is 7.21. The number of aromatic hydroxyl groups is 1. The molecule has 0 bridgehead atoms. The number of phenolic OH excluding ortho intramolecular Hbond substituents is 1. The number of nitrogens with zero attached hydrogens (tertiary/aromatic N) is 3. The molecular formula is C25H25N3OS. The van der Waals surface area contributed by atoms with E-state index in [9.17, 15) is 5.11 Å². The van der Waals surface area contributed by atoms with E-state index in [4.69, 9.17) is 4.98 Å². The van der Waals surface area contributed by atoms with E-state index in [-0.39, 0.29) is 5.75 Å². The van der Waals surface area contributed by atoms with Gasteiger partial charge in [0, 0.05) is 42.2 Å². The van der Waals surface area contributed by atoms with Crippen LogP contribution in [-0.2, 0) is 0 Å². The molecule has 0 unspecified atom stereocenters. The van der Waals surface area contributed by atoms with Crippen LogP contribution >= 0.6 is 11.3 Å². The van der Waals surface area contributed by atoms with Gasteiger partial charge in [-0.25, -0.2) is 4.98 Å². The molecule has 0 aliphatic heterocycles. The molecule has 0 spiro atoms. The molecular weight excluding hydrogens is 390 g/mol. The maximum atomic E-state index is 10.4. The SMILES string of the molecule is CCN(CC)c1ccc(C=Nc2ccc(-c3nc4ccc(C)cc4s3)cc2)c(O)c1. The lowest BCUT2D eigenvalue weighted by Gasteiger charge is -2.21. The molecule has 0 aliphatic rings. The van der Waals surface area contributed by atoms with E-state index in [1.54, 1.807) is 23.6 Å². The van der Waals surface area contributed by atoms with E-state index in [1.807, 2.05) is 36.4 Å². The maximum Gasteiger partial charge on any atom is 0.126 e. The third-order valence-corrected chi connectivity index (χ3v) is 6.22. The minimum Gasteiger partial charge on any atom is -0.507 e. The summed E-state index contributed by atoms with van der Waals surface area (Å²) in [5.74, 6) is 0.240. The number of rotatable bonds is 6. The smallest absolute Gasteiger partial charge is 0.126 e. The summed E-state index contributed by atoms with van der Waals surface area (Å²) in [6, 6.07) is 20.1. The molecule has 3 aromatic carbocycles. The first-order valence-electron chi connectivity index (χ1n) is 10.2. The summed E-state index contributed by atoms with van der Waals surface area (Å²) < 4.78 is 1.20. The molecule has 1 N–H and O–H groups in total. The molecule has 4 aromatic rings. The predicted octanol–water partition coefficient (Wildman–Crippen LogP) is 6.57. The summed E-state index contributed by atoms with van der Waals surface area (Å²) in [5, 5.41) is 11.4. The average molecular weight is 416 g/mol. The normalized spacial score (nSPS) is 11.4. The molecule has 5 heteroatoms. The van der Waals surface area contributed by atoms with Crippen molar-refractivity contribution in [3.8, 4) is 16.3 Å². The number of benzene rings is 3. The Kier molecular flexibility index (Phi) is 5.81. The summed E-state index contributed by atoms with van der Waals surface area (Å²) in [5.41, 5.74) is 5.92. The highest BCUT2D eigenvalue weighted by atomic mass is 32.1. The monoisotopic (exact) mass is 415 g/mol. The first-order valence-corrected chi connectivity index (χ1v) is 11.0. The second-order valence-corrected chi connectivity index (χ2v) is 8.24. The van der Waals surface area contributed by atoms with E-state index in [2.05, 4.69) is 48.9 Å². The van der Waals surface area contributed by atoms with Crippen LogP contribution in [0.2, 0.25) is 0 Å². The van der Waals surface area contributed by atoms with Crippen LogP contribution in [0.4, 0.5) is 11.4 Å². The van der Waals surface area contributed by atoms with Crippen LogP contribution in [0.5, 0.6) is 5.75 Å². The largest absolute Gasteiger partial charge is 0.507 e. The van der Waals surface area contributed by atoms with E-state index in [0.29, 0.717) is 5.56 Å². The Morgan fingerprint density at radius 3 is 2.47 bits per heavy atom. The number of aryl methyl sites for hydroxylation is 1. The van der Waals surface area contributed by atoms with Crippen molar-refractivity contribution in [1.82, 2.24) is 4.98 Å². The Morgan fingerprint density at radius 2 is 1.77 bits per heavy atom. The van der Waals surface area contributed by atoms with E-state index < -0.39 is 0 Å². The van der Waals surface area contributed by atoms with Crippen molar-refractivity contribution in [3.05, 3.63) is 71.8 Å². The number of fused-ring (bicyclic) bond motifs is 1. The number of hydrogen-bond acceptors (Lipinski definition) is 5. The van der Waals surface area contributed by atoms with Crippen molar-refractivity contribution < 1.29 is 5.11 Å². The minimum atomic E-state index is 0.240. The molecule has 0 saturated carbocycles. The first-order chi connectivity index (χ1) is 14.6. The van der Waals surface area contributed by atoms with Crippen LogP contribution in [0.3, 0.4) is 0 Å². The second kappa shape index (κ2) is 8.67. The Hall–Kier alpha value is -3.18. The molecule has 0 amide bonds. The van der Waals surface area contributed by atoms with Gasteiger partial charge < -0.3 is 10.0 Å². The topological polar surface area (TPSA) is 48.7 Å². The summed E-state index contributed by atoms with van der Waals surface area (Å²) in [6.45, 7) is 8.12. The zero-order valence-electron chi connectivity index (χ0n) is 17.5. The summed E-state index contributed by atoms with van der Waals surface area (Å²) in [7, 11) is 0. The summed E-state index contributed by atoms with van der Waals surface area (Å²) >= 11 is 1.70. The lowest BCUT2D eigenvalue weighted by Crippen LogP contribution is -2.21. The van der Waals surface area contributed by atoms with Gasteiger partial charge in [0.05, 0.1) is 15.9 Å². The molecule has 1 heterocycles. The van der Waals surface area contributed by atoms with Crippen molar-refractivity contribution in [2.75, 3.05) is 18.0 Å². The van der Waals surface area contributed by atoms with Gasteiger partial charge in [-0.15, -0.1) is 11.3 Å². The van der Waals surface area contributed by atoms with Gasteiger partial charge in [0.15, 0.2) is 0 Å². The van der Waals surface area contributed by atoms with Gasteiger partial charge in [-0.1, -0.05) is 6.07 Å². The third kappa shape index (κ3) is 4.21. The zero-order valence-corrected chi connectivity index (χ0v) is 18.3. The highest BCUT2D eigenvalue weighted by molar-refractivity contribution is 7.21. The molecule has 4 rings (SSSR count). The first kappa shape index (κ1) is 20.1. The molecule has 1 aromatic heterocycles. The van der Waals surface area contributed by atoms with Gasteiger partial charge in [0.2, 0.25) is 0 Å². The van der Waals surface area contributed by atoms with Gasteiger partial charge in [0.25, 0.3) is 0 Å². The summed E-state index contributed by atoms with van der Waals surface area (Å²) in [4.78, 5) is 11.5. The molecule has 0 atom stereocenters. The van der Waals surface area contributed by atoms with Gasteiger partial charge in [-0.2, -0.15) is 0 Å². The lowest BCUT2D eigenvalue weighted by atomic mass is 10.1. The number of phenols is 1. The van der Waals surface area contributed by atoms with Gasteiger partial charge >= 0.3 is 0 Å². The number of anilines is 1. The van der Waals surface area contributed by atoms with Crippen molar-refractivity contribution in [3.63, 3.8) is 0 Å². The number of thiazole rings is 1. The van der Waals surface area contributed by atoms with Crippen molar-refractivity contribution in [2.24, 2.45) is 4.99 Å². The Labute approximate surface area is 181 Å². The molecule has 0 aliphatic carbocycles. The maximum absolute atomic E-state index is 10.4. The third-order valence-electron chi connectivity index (χ3n) is 5.15. The fourth-order valence-corrected chi connectivity index (χ4v) is 4.49. The number of aliphatic imine (C=N–C) groups is 1. The van der Waals surface area contributed by atoms with Gasteiger partial charge in [-0.05, 0) is 74.9 Å². The minimum absolute atomic E-state index is 0.240. The molecule has 0 fully saturated rings. The van der Waals surface area contributed by atoms with Crippen molar-refractivity contribution in [2.45, 2.75) is 20.8 Å². The summed E-state index contributed by atoms with van der Waals surface area (Å²) in [6.07, 6.45) is 1.71. The average Bonchev–Trinajstić information content (AvgIpc) is 3.17. The van der Waals surface area contributed by atoms with Crippen LogP contribution in [0.1, 0.15) is 25.0 Å². The van der Waals surface area contributed by atoms with Crippen molar-refractivity contribution >= 4 is 39.1 Å². The predicted molar refractivity (Wildman–Crippen MR) is 129 cm³/mol. The quantitative estimate of drug-likeness (QED) is 0.362. The number of aromatic nitrogens is 1. The Morgan fingerprint density at radius 1 is 1.00 bits per heavy atom. The van der Waals surface area contributed by atoms with Crippen LogP contribution < -0.4 is 4.90 Å². The molecule has 4 nitrogen and oxygen atoms in total.